The van der Waals surface area contributed by atoms with Gasteiger partial charge in [0.1, 0.15) is 11.4 Å². The summed E-state index contributed by atoms with van der Waals surface area (Å²) in [5.41, 5.74) is 1.73. The summed E-state index contributed by atoms with van der Waals surface area (Å²) in [5.74, 6) is -0.607. The number of hydrogen-bond acceptors (Lipinski definition) is 7. The summed E-state index contributed by atoms with van der Waals surface area (Å²) in [5, 5.41) is 16.1. The summed E-state index contributed by atoms with van der Waals surface area (Å²) in [6.45, 7) is 1.73. The summed E-state index contributed by atoms with van der Waals surface area (Å²) in [4.78, 5) is 42.4. The van der Waals surface area contributed by atoms with Crippen molar-refractivity contribution in [1.29, 1.82) is 0 Å². The Bertz CT molecular complexity index is 1460. The second-order valence-corrected chi connectivity index (χ2v) is 7.14. The fourth-order valence-electron chi connectivity index (χ4n) is 3.91. The number of nitro benzene ring substituents is 1. The van der Waals surface area contributed by atoms with Gasteiger partial charge < -0.3 is 4.74 Å². The third-order valence-corrected chi connectivity index (χ3v) is 5.33. The average Bonchev–Trinajstić information content (AvgIpc) is 3.27. The molecular weight excluding hydrogens is 414 g/mol. The van der Waals surface area contributed by atoms with Crippen molar-refractivity contribution in [3.63, 3.8) is 0 Å². The number of carbonyl (C=O) groups excluding carboxylic acids is 2. The van der Waals surface area contributed by atoms with Crippen LogP contribution >= 0.6 is 0 Å². The van der Waals surface area contributed by atoms with Crippen molar-refractivity contribution in [2.75, 3.05) is 12.0 Å². The van der Waals surface area contributed by atoms with Crippen molar-refractivity contribution in [2.45, 2.75) is 6.92 Å². The smallest absolute Gasteiger partial charge is 0.271 e. The summed E-state index contributed by atoms with van der Waals surface area (Å²) in [6, 6.07) is 12.6. The van der Waals surface area contributed by atoms with E-state index in [0.717, 1.165) is 4.90 Å². The number of aromatic nitrogens is 3. The molecule has 158 valence electrons. The van der Waals surface area contributed by atoms with Gasteiger partial charge in [-0.25, -0.2) is 14.6 Å². The molecule has 3 heterocycles. The molecule has 2 amide bonds. The number of rotatable bonds is 4. The second kappa shape index (κ2) is 6.98. The van der Waals surface area contributed by atoms with Gasteiger partial charge in [0.25, 0.3) is 17.5 Å². The lowest BCUT2D eigenvalue weighted by atomic mass is 10.1. The molecule has 0 aliphatic carbocycles. The SMILES string of the molecule is COc1ccccc1-n1nc(C)c2c3c(cnc21)C(=O)N(c1cccc([N+](=O)[O-])c1)C3=O. The Morgan fingerprint density at radius 3 is 2.59 bits per heavy atom. The highest BCUT2D eigenvalue weighted by molar-refractivity contribution is 6.37. The Kier molecular flexibility index (Phi) is 4.22. The van der Waals surface area contributed by atoms with E-state index in [-0.39, 0.29) is 22.5 Å². The molecule has 0 fully saturated rings. The predicted molar refractivity (Wildman–Crippen MR) is 114 cm³/mol. The molecule has 4 aromatic rings. The topological polar surface area (TPSA) is 120 Å². The van der Waals surface area contributed by atoms with Crippen LogP contribution in [0, 0.1) is 17.0 Å². The van der Waals surface area contributed by atoms with Crippen LogP contribution in [0.1, 0.15) is 26.4 Å². The van der Waals surface area contributed by atoms with Gasteiger partial charge in [-0.2, -0.15) is 5.10 Å². The maximum Gasteiger partial charge on any atom is 0.271 e. The van der Waals surface area contributed by atoms with Gasteiger partial charge in [0.15, 0.2) is 5.65 Å². The van der Waals surface area contributed by atoms with Crippen molar-refractivity contribution in [1.82, 2.24) is 14.8 Å². The van der Waals surface area contributed by atoms with Crippen molar-refractivity contribution in [3.05, 3.63) is 81.7 Å². The van der Waals surface area contributed by atoms with Gasteiger partial charge in [-0.3, -0.25) is 19.7 Å². The van der Waals surface area contributed by atoms with Crippen LogP contribution < -0.4 is 9.64 Å². The lowest BCUT2D eigenvalue weighted by Gasteiger charge is -2.13. The van der Waals surface area contributed by atoms with Crippen LogP contribution in [-0.4, -0.2) is 38.6 Å². The van der Waals surface area contributed by atoms with Crippen LogP contribution in [0.2, 0.25) is 0 Å². The van der Waals surface area contributed by atoms with E-state index < -0.39 is 16.7 Å². The molecule has 32 heavy (non-hydrogen) atoms. The van der Waals surface area contributed by atoms with E-state index in [2.05, 4.69) is 10.1 Å². The molecule has 0 radical (unpaired) electrons. The molecule has 0 atom stereocenters. The molecule has 0 saturated heterocycles. The maximum atomic E-state index is 13.4. The Balaban J connectivity index is 1.70. The molecule has 1 aliphatic heterocycles. The second-order valence-electron chi connectivity index (χ2n) is 7.14. The first-order valence-corrected chi connectivity index (χ1v) is 9.57. The number of ether oxygens (including phenoxy) is 1. The Morgan fingerprint density at radius 2 is 1.84 bits per heavy atom. The number of methoxy groups -OCH3 is 1. The fourth-order valence-corrected chi connectivity index (χ4v) is 3.91. The molecule has 1 aliphatic rings. The summed E-state index contributed by atoms with van der Waals surface area (Å²) in [7, 11) is 1.54. The molecule has 2 aromatic carbocycles. The van der Waals surface area contributed by atoms with Gasteiger partial charge in [-0.15, -0.1) is 0 Å². The number of amides is 2. The maximum absolute atomic E-state index is 13.4. The van der Waals surface area contributed by atoms with Gasteiger partial charge >= 0.3 is 0 Å². The summed E-state index contributed by atoms with van der Waals surface area (Å²) < 4.78 is 6.99. The lowest BCUT2D eigenvalue weighted by molar-refractivity contribution is -0.384. The molecule has 0 spiro atoms. The monoisotopic (exact) mass is 429 g/mol. The number of carbonyl (C=O) groups is 2. The zero-order chi connectivity index (χ0) is 22.6. The minimum Gasteiger partial charge on any atom is -0.494 e. The van der Waals surface area contributed by atoms with E-state index in [1.807, 2.05) is 18.2 Å². The first kappa shape index (κ1) is 19.4. The molecule has 10 nitrogen and oxygen atoms in total. The highest BCUT2D eigenvalue weighted by atomic mass is 16.6. The number of nitrogens with zero attached hydrogens (tertiary/aromatic N) is 5. The number of para-hydroxylation sites is 2. The number of non-ortho nitro benzene ring substituents is 1. The molecular formula is C22H15N5O5. The third kappa shape index (κ3) is 2.66. The van der Waals surface area contributed by atoms with Crippen LogP contribution in [-0.2, 0) is 0 Å². The van der Waals surface area contributed by atoms with Crippen LogP contribution in [0.5, 0.6) is 5.75 Å². The van der Waals surface area contributed by atoms with Gasteiger partial charge in [-0.05, 0) is 25.1 Å². The first-order valence-electron chi connectivity index (χ1n) is 9.57. The van der Waals surface area contributed by atoms with E-state index in [9.17, 15) is 19.7 Å². The van der Waals surface area contributed by atoms with Gasteiger partial charge in [0.05, 0.1) is 39.9 Å². The quantitative estimate of drug-likeness (QED) is 0.277. The van der Waals surface area contributed by atoms with E-state index in [1.54, 1.807) is 24.8 Å². The molecule has 0 N–H and O–H groups in total. The van der Waals surface area contributed by atoms with Crippen LogP contribution in [0.3, 0.4) is 0 Å². The number of nitro groups is 1. The zero-order valence-corrected chi connectivity index (χ0v) is 17.0. The number of fused-ring (bicyclic) bond motifs is 3. The molecule has 0 bridgehead atoms. The Hall–Kier alpha value is -4.60. The van der Waals surface area contributed by atoms with Gasteiger partial charge in [-0.1, -0.05) is 18.2 Å². The fraction of sp³-hybridized carbons (Fsp3) is 0.0909. The van der Waals surface area contributed by atoms with E-state index in [0.29, 0.717) is 28.2 Å². The molecule has 2 aromatic heterocycles. The highest BCUT2D eigenvalue weighted by Gasteiger charge is 2.40. The van der Waals surface area contributed by atoms with Gasteiger partial charge in [0.2, 0.25) is 0 Å². The molecule has 5 rings (SSSR count). The number of aryl methyl sites for hydroxylation is 1. The lowest BCUT2D eigenvalue weighted by Crippen LogP contribution is -2.29. The molecule has 0 unspecified atom stereocenters. The largest absolute Gasteiger partial charge is 0.494 e. The number of imide groups is 1. The normalized spacial score (nSPS) is 13.0. The first-order chi connectivity index (χ1) is 15.4. The average molecular weight is 429 g/mol. The van der Waals surface area contributed by atoms with E-state index >= 15 is 0 Å². The van der Waals surface area contributed by atoms with Gasteiger partial charge in [0, 0.05) is 18.3 Å². The van der Waals surface area contributed by atoms with Crippen molar-refractivity contribution >= 4 is 34.2 Å². The van der Waals surface area contributed by atoms with E-state index in [4.69, 9.17) is 4.74 Å². The minimum atomic E-state index is -0.593. The molecule has 10 heteroatoms. The minimum absolute atomic E-state index is 0.119. The number of pyridine rings is 1. The standard InChI is InChI=1S/C22H15N5O5/c1-12-18-19-15(11-23-20(18)26(24-12)16-8-3-4-9-17(16)32-2)21(28)25(22(19)29)13-6-5-7-14(10-13)27(30)31/h3-11H,1-2H3. The van der Waals surface area contributed by atoms with Crippen molar-refractivity contribution < 1.29 is 19.2 Å². The Morgan fingerprint density at radius 1 is 1.06 bits per heavy atom. The van der Waals surface area contributed by atoms with Crippen molar-refractivity contribution in [3.8, 4) is 11.4 Å². The Labute approximate surface area is 180 Å². The van der Waals surface area contributed by atoms with Crippen LogP contribution in [0.4, 0.5) is 11.4 Å². The summed E-state index contributed by atoms with van der Waals surface area (Å²) in [6.07, 6.45) is 1.34. The van der Waals surface area contributed by atoms with Crippen molar-refractivity contribution in [2.24, 2.45) is 0 Å². The number of anilines is 1. The number of hydrogen-bond donors (Lipinski definition) is 0. The van der Waals surface area contributed by atoms with E-state index in [1.165, 1.54) is 30.5 Å². The highest BCUT2D eigenvalue weighted by Crippen LogP contribution is 2.36. The third-order valence-electron chi connectivity index (χ3n) is 5.33. The summed E-state index contributed by atoms with van der Waals surface area (Å²) >= 11 is 0. The number of benzene rings is 2. The zero-order valence-electron chi connectivity index (χ0n) is 17.0. The predicted octanol–water partition coefficient (Wildman–Crippen LogP) is 3.45. The van der Waals surface area contributed by atoms with Crippen LogP contribution in [0.25, 0.3) is 16.7 Å². The van der Waals surface area contributed by atoms with Crippen LogP contribution in [0.15, 0.2) is 54.7 Å². The molecule has 0 saturated carbocycles.